The molecule has 1 aromatic heterocycles. The number of nitrogens with zero attached hydrogens (tertiary/aromatic N) is 1. The van der Waals surface area contributed by atoms with Gasteiger partial charge in [-0.2, -0.15) is 0 Å². The highest BCUT2D eigenvalue weighted by molar-refractivity contribution is 9.10. The Labute approximate surface area is 171 Å². The number of nitrogens with two attached hydrogens (primary N) is 1. The third-order valence-electron chi connectivity index (χ3n) is 5.02. The van der Waals surface area contributed by atoms with E-state index in [0.29, 0.717) is 18.7 Å². The van der Waals surface area contributed by atoms with Gasteiger partial charge in [0, 0.05) is 0 Å². The summed E-state index contributed by atoms with van der Waals surface area (Å²) in [6.07, 6.45) is 2.44. The summed E-state index contributed by atoms with van der Waals surface area (Å²) in [5.41, 5.74) is 5.32. The minimum atomic E-state index is -1.02. The average molecular weight is 451 g/mol. The van der Waals surface area contributed by atoms with E-state index in [4.69, 9.17) is 10.5 Å². The van der Waals surface area contributed by atoms with Crippen LogP contribution in [0.2, 0.25) is 0 Å². The number of rotatable bonds is 4. The average Bonchev–Trinajstić information content (AvgIpc) is 3.32. The quantitative estimate of drug-likeness (QED) is 0.570. The predicted molar refractivity (Wildman–Crippen MR) is 107 cm³/mol. The van der Waals surface area contributed by atoms with E-state index in [1.807, 2.05) is 24.3 Å². The minimum Gasteiger partial charge on any atom is -0.497 e. The summed E-state index contributed by atoms with van der Waals surface area (Å²) in [5.74, 6) is 0.341. The number of amides is 3. The Kier molecular flexibility index (Phi) is 5.95. The number of fused-ring (bicyclic) bond motifs is 1. The van der Waals surface area contributed by atoms with Gasteiger partial charge in [0.05, 0.1) is 24.3 Å². The standard InChI is InChI=1S/C14H18N2O3.C5H5BrN2O/c1-19-11-6-4-10(5-7-11)9-16-13(17)15-12-3-2-8-14(12,16)18;6-4-2-1-3(8-4)5(7)9/h4-7,12,18H,2-3,8-9H2,1H3,(H,15,17);1-2,8H,(H2,7,9)/t12-,14-;/m0./s1. The first-order valence-corrected chi connectivity index (χ1v) is 9.70. The van der Waals surface area contributed by atoms with Crippen molar-refractivity contribution in [3.05, 3.63) is 52.3 Å². The summed E-state index contributed by atoms with van der Waals surface area (Å²) in [6.45, 7) is 0.419. The number of H-pyrrole nitrogens is 1. The smallest absolute Gasteiger partial charge is 0.320 e. The molecule has 1 saturated heterocycles. The van der Waals surface area contributed by atoms with Gasteiger partial charge >= 0.3 is 6.03 Å². The lowest BCUT2D eigenvalue weighted by Crippen LogP contribution is -2.47. The fraction of sp³-hybridized carbons (Fsp3) is 0.368. The molecule has 2 fully saturated rings. The molecule has 2 heterocycles. The van der Waals surface area contributed by atoms with Crippen LogP contribution >= 0.6 is 15.9 Å². The second kappa shape index (κ2) is 8.24. The maximum absolute atomic E-state index is 12.0. The maximum atomic E-state index is 12.0. The minimum absolute atomic E-state index is 0.127. The van der Waals surface area contributed by atoms with Gasteiger partial charge in [-0.15, -0.1) is 0 Å². The molecule has 0 bridgehead atoms. The summed E-state index contributed by atoms with van der Waals surface area (Å²) in [6, 6.07) is 10.6. The van der Waals surface area contributed by atoms with E-state index in [1.54, 1.807) is 24.1 Å². The first kappa shape index (κ1) is 20.2. The Balaban J connectivity index is 0.000000211. The summed E-state index contributed by atoms with van der Waals surface area (Å²) in [4.78, 5) is 26.6. The highest BCUT2D eigenvalue weighted by Crippen LogP contribution is 2.38. The van der Waals surface area contributed by atoms with Crippen molar-refractivity contribution in [1.29, 1.82) is 0 Å². The normalized spacial score (nSPS) is 22.9. The van der Waals surface area contributed by atoms with E-state index in [0.717, 1.165) is 28.8 Å². The highest BCUT2D eigenvalue weighted by atomic mass is 79.9. The number of aromatic nitrogens is 1. The monoisotopic (exact) mass is 450 g/mol. The number of hydrogen-bond acceptors (Lipinski definition) is 4. The van der Waals surface area contributed by atoms with Gasteiger partial charge in [-0.05, 0) is 65.0 Å². The van der Waals surface area contributed by atoms with E-state index in [9.17, 15) is 14.7 Å². The molecule has 0 radical (unpaired) electrons. The van der Waals surface area contributed by atoms with Gasteiger partial charge in [-0.25, -0.2) is 4.79 Å². The van der Waals surface area contributed by atoms with Gasteiger partial charge in [0.25, 0.3) is 5.91 Å². The van der Waals surface area contributed by atoms with E-state index < -0.39 is 11.6 Å². The first-order valence-electron chi connectivity index (χ1n) is 8.91. The lowest BCUT2D eigenvalue weighted by atomic mass is 10.1. The maximum Gasteiger partial charge on any atom is 0.320 e. The lowest BCUT2D eigenvalue weighted by molar-refractivity contribution is -0.0683. The van der Waals surface area contributed by atoms with Gasteiger partial charge in [0.1, 0.15) is 11.4 Å². The second-order valence-electron chi connectivity index (χ2n) is 6.79. The van der Waals surface area contributed by atoms with E-state index >= 15 is 0 Å². The lowest BCUT2D eigenvalue weighted by Gasteiger charge is -2.31. The predicted octanol–water partition coefficient (Wildman–Crippen LogP) is 2.34. The number of urea groups is 1. The zero-order valence-corrected chi connectivity index (χ0v) is 17.0. The van der Waals surface area contributed by atoms with Crippen LogP contribution in [-0.2, 0) is 6.54 Å². The number of carbonyl (C=O) groups excluding carboxylic acids is 2. The van der Waals surface area contributed by atoms with Crippen molar-refractivity contribution in [3.8, 4) is 5.75 Å². The molecule has 2 atom stereocenters. The van der Waals surface area contributed by atoms with Crippen LogP contribution in [0.5, 0.6) is 5.75 Å². The Bertz CT molecular complexity index is 854. The summed E-state index contributed by atoms with van der Waals surface area (Å²) < 4.78 is 5.87. The largest absolute Gasteiger partial charge is 0.497 e. The van der Waals surface area contributed by atoms with Crippen LogP contribution in [0.3, 0.4) is 0 Å². The molecule has 2 aliphatic rings. The first-order chi connectivity index (χ1) is 13.3. The number of benzene rings is 1. The molecule has 9 heteroatoms. The number of ether oxygens (including phenoxy) is 1. The molecule has 1 saturated carbocycles. The third-order valence-corrected chi connectivity index (χ3v) is 5.48. The van der Waals surface area contributed by atoms with Crippen LogP contribution in [0, 0.1) is 0 Å². The molecule has 4 rings (SSSR count). The van der Waals surface area contributed by atoms with Crippen molar-refractivity contribution in [1.82, 2.24) is 15.2 Å². The fourth-order valence-corrected chi connectivity index (χ4v) is 3.87. The van der Waals surface area contributed by atoms with Crippen LogP contribution in [-0.4, -0.2) is 45.8 Å². The van der Waals surface area contributed by atoms with Crippen LogP contribution in [0.1, 0.15) is 35.3 Å². The number of aromatic amines is 1. The summed E-state index contributed by atoms with van der Waals surface area (Å²) in [7, 11) is 1.62. The second-order valence-corrected chi connectivity index (χ2v) is 7.65. The SMILES string of the molecule is COc1ccc(CN2C(=O)N[C@H]3CCC[C@]32O)cc1.NC(=O)c1ccc(Br)[nH]1. The number of carbonyl (C=O) groups is 2. The molecule has 1 aromatic carbocycles. The number of primary amides is 1. The molecule has 2 aromatic rings. The zero-order chi connectivity index (χ0) is 20.3. The van der Waals surface area contributed by atoms with Gasteiger partial charge in [-0.3, -0.25) is 9.69 Å². The zero-order valence-electron chi connectivity index (χ0n) is 15.4. The molecular formula is C19H23BrN4O4. The number of aliphatic hydroxyl groups is 1. The molecule has 1 aliphatic heterocycles. The molecule has 8 nitrogen and oxygen atoms in total. The van der Waals surface area contributed by atoms with Crippen LogP contribution < -0.4 is 15.8 Å². The van der Waals surface area contributed by atoms with E-state index in [1.165, 1.54) is 0 Å². The summed E-state index contributed by atoms with van der Waals surface area (Å²) in [5, 5.41) is 13.5. The van der Waals surface area contributed by atoms with E-state index in [-0.39, 0.29) is 12.1 Å². The van der Waals surface area contributed by atoms with Crippen molar-refractivity contribution < 1.29 is 19.4 Å². The van der Waals surface area contributed by atoms with Crippen molar-refractivity contribution >= 4 is 27.9 Å². The van der Waals surface area contributed by atoms with Gasteiger partial charge in [0.2, 0.25) is 0 Å². The number of hydrogen-bond donors (Lipinski definition) is 4. The topological polar surface area (TPSA) is 121 Å². The highest BCUT2D eigenvalue weighted by Gasteiger charge is 2.54. The van der Waals surface area contributed by atoms with E-state index in [2.05, 4.69) is 26.2 Å². The molecular weight excluding hydrogens is 428 g/mol. The Morgan fingerprint density at radius 1 is 1.36 bits per heavy atom. The Morgan fingerprint density at radius 3 is 2.61 bits per heavy atom. The van der Waals surface area contributed by atoms with Gasteiger partial charge in [0.15, 0.2) is 5.72 Å². The van der Waals surface area contributed by atoms with Crippen molar-refractivity contribution in [2.75, 3.05) is 7.11 Å². The number of nitrogens with one attached hydrogen (secondary N) is 2. The fourth-order valence-electron chi connectivity index (χ4n) is 3.52. The Hall–Kier alpha value is -2.52. The molecule has 1 aliphatic carbocycles. The molecule has 150 valence electrons. The Morgan fingerprint density at radius 2 is 2.07 bits per heavy atom. The number of methoxy groups -OCH3 is 1. The molecule has 28 heavy (non-hydrogen) atoms. The molecule has 0 spiro atoms. The van der Waals surface area contributed by atoms with Crippen LogP contribution in [0.4, 0.5) is 4.79 Å². The van der Waals surface area contributed by atoms with Gasteiger partial charge < -0.3 is 25.9 Å². The molecule has 3 amide bonds. The molecule has 5 N–H and O–H groups in total. The van der Waals surface area contributed by atoms with Crippen LogP contribution in [0.25, 0.3) is 0 Å². The third kappa shape index (κ3) is 4.15. The van der Waals surface area contributed by atoms with Crippen molar-refractivity contribution in [3.63, 3.8) is 0 Å². The van der Waals surface area contributed by atoms with Crippen LogP contribution in [0.15, 0.2) is 41.0 Å². The number of halogens is 1. The van der Waals surface area contributed by atoms with Crippen molar-refractivity contribution in [2.24, 2.45) is 5.73 Å². The van der Waals surface area contributed by atoms with Gasteiger partial charge in [-0.1, -0.05) is 12.1 Å². The summed E-state index contributed by atoms with van der Waals surface area (Å²) >= 11 is 3.14. The molecule has 0 unspecified atom stereocenters. The van der Waals surface area contributed by atoms with Crippen molar-refractivity contribution in [2.45, 2.75) is 37.6 Å².